The molecule has 0 N–H and O–H groups in total. The van der Waals surface area contributed by atoms with Crippen molar-refractivity contribution in [2.24, 2.45) is 0 Å². The predicted octanol–water partition coefficient (Wildman–Crippen LogP) is 4.15. The molecule has 0 aliphatic carbocycles. The summed E-state index contributed by atoms with van der Waals surface area (Å²) < 4.78 is 17.2. The zero-order valence-electron chi connectivity index (χ0n) is 19.7. The van der Waals surface area contributed by atoms with Crippen LogP contribution in [0.25, 0.3) is 0 Å². The van der Waals surface area contributed by atoms with Crippen LogP contribution in [0.5, 0.6) is 0 Å². The Balaban J connectivity index is 4.00. The van der Waals surface area contributed by atoms with Gasteiger partial charge in [-0.1, -0.05) is 72.0 Å². The fourth-order valence-electron chi connectivity index (χ4n) is 3.47. The normalized spacial score (nSPS) is 14.1. The number of hydrogen-bond acceptors (Lipinski definition) is 4. The quantitative estimate of drug-likeness (QED) is 0.301. The Bertz CT molecular complexity index is 363. The first kappa shape index (κ1) is 26.7. The molecular formula is C18H48N2O2Si4. The summed E-state index contributed by atoms with van der Waals surface area (Å²) in [7, 11) is -4.30. The standard InChI is InChI=1S/C18H48N2O2Si4/c1-23(2)18-19(24(3,4)5)12-14-21-16-17-22-15-13-20(25(6,7)8)26(9,10)11/h23H,12-18H2,1-11H3. The SMILES string of the molecule is C[SiH](C)CN(CCOCCOCCN([Si](C)(C)C)[Si](C)(C)C)[Si](C)(C)C. The van der Waals surface area contributed by atoms with Crippen LogP contribution in [-0.2, 0) is 9.47 Å². The molecule has 0 amide bonds. The van der Waals surface area contributed by atoms with Crippen LogP contribution < -0.4 is 0 Å². The van der Waals surface area contributed by atoms with Gasteiger partial charge < -0.3 is 18.3 Å². The summed E-state index contributed by atoms with van der Waals surface area (Å²) in [6.45, 7) is 32.1. The molecule has 0 aromatic carbocycles. The van der Waals surface area contributed by atoms with Gasteiger partial charge in [0.05, 0.1) is 26.4 Å². The minimum atomic E-state index is -1.26. The highest BCUT2D eigenvalue weighted by atomic mass is 28.4. The lowest BCUT2D eigenvalue weighted by molar-refractivity contribution is 0.0438. The van der Waals surface area contributed by atoms with Crippen molar-refractivity contribution in [3.63, 3.8) is 0 Å². The van der Waals surface area contributed by atoms with Crippen LogP contribution in [0.2, 0.25) is 72.0 Å². The van der Waals surface area contributed by atoms with Crippen LogP contribution in [0, 0.1) is 0 Å². The van der Waals surface area contributed by atoms with Gasteiger partial charge in [0, 0.05) is 21.9 Å². The molecule has 0 bridgehead atoms. The van der Waals surface area contributed by atoms with Crippen molar-refractivity contribution in [3.8, 4) is 0 Å². The molecule has 0 heterocycles. The topological polar surface area (TPSA) is 24.9 Å². The Morgan fingerprint density at radius 2 is 1.04 bits per heavy atom. The summed E-state index contributed by atoms with van der Waals surface area (Å²) >= 11 is 0. The average Bonchev–Trinajstić information content (AvgIpc) is 2.39. The fourth-order valence-corrected chi connectivity index (χ4v) is 18.2. The van der Waals surface area contributed by atoms with Gasteiger partial charge in [-0.05, 0) is 6.17 Å². The lowest BCUT2D eigenvalue weighted by atomic mass is 10.6. The minimum Gasteiger partial charge on any atom is -0.378 e. The van der Waals surface area contributed by atoms with E-state index in [0.29, 0.717) is 0 Å². The average molecular weight is 437 g/mol. The van der Waals surface area contributed by atoms with Gasteiger partial charge in [-0.25, -0.2) is 0 Å². The summed E-state index contributed by atoms with van der Waals surface area (Å²) in [5, 5.41) is 0. The molecule has 0 spiro atoms. The highest BCUT2D eigenvalue weighted by molar-refractivity contribution is 6.89. The number of nitrogens with zero attached hydrogens (tertiary/aromatic N) is 2. The first-order valence-corrected chi connectivity index (χ1v) is 23.8. The van der Waals surface area contributed by atoms with Crippen LogP contribution in [-0.4, -0.2) is 88.0 Å². The van der Waals surface area contributed by atoms with E-state index < -0.39 is 33.5 Å². The first-order valence-electron chi connectivity index (χ1n) is 10.3. The number of ether oxygens (including phenoxy) is 2. The second-order valence-corrected chi connectivity index (χ2v) is 29.1. The van der Waals surface area contributed by atoms with E-state index in [9.17, 15) is 0 Å². The molecule has 0 aliphatic heterocycles. The fraction of sp³-hybridized carbons (Fsp3) is 1.00. The van der Waals surface area contributed by atoms with Crippen molar-refractivity contribution in [1.82, 2.24) is 8.80 Å². The molecular weight excluding hydrogens is 389 g/mol. The van der Waals surface area contributed by atoms with Crippen molar-refractivity contribution in [2.45, 2.75) is 72.0 Å². The van der Waals surface area contributed by atoms with E-state index in [1.807, 2.05) is 0 Å². The zero-order valence-corrected chi connectivity index (χ0v) is 23.9. The monoisotopic (exact) mass is 436 g/mol. The van der Waals surface area contributed by atoms with Crippen LogP contribution >= 0.6 is 0 Å². The summed E-state index contributed by atoms with van der Waals surface area (Å²) in [5.41, 5.74) is 0. The van der Waals surface area contributed by atoms with Gasteiger partial charge in [0.2, 0.25) is 0 Å². The highest BCUT2D eigenvalue weighted by Crippen LogP contribution is 2.19. The third kappa shape index (κ3) is 12.2. The summed E-state index contributed by atoms with van der Waals surface area (Å²) in [6.07, 6.45) is 1.32. The molecule has 0 unspecified atom stereocenters. The third-order valence-electron chi connectivity index (χ3n) is 4.49. The van der Waals surface area contributed by atoms with Crippen LogP contribution in [0.1, 0.15) is 0 Å². The molecule has 0 saturated carbocycles. The van der Waals surface area contributed by atoms with Gasteiger partial charge in [0.1, 0.15) is 24.7 Å². The lowest BCUT2D eigenvalue weighted by Gasteiger charge is -2.43. The van der Waals surface area contributed by atoms with Crippen molar-refractivity contribution >= 4 is 33.5 Å². The van der Waals surface area contributed by atoms with E-state index in [-0.39, 0.29) is 0 Å². The van der Waals surface area contributed by atoms with E-state index in [4.69, 9.17) is 9.47 Å². The first-order chi connectivity index (χ1) is 11.7. The molecule has 0 saturated heterocycles. The van der Waals surface area contributed by atoms with Gasteiger partial charge in [0.25, 0.3) is 0 Å². The minimum absolute atomic E-state index is 0.559. The Kier molecular flexibility index (Phi) is 12.0. The smallest absolute Gasteiger partial charge is 0.118 e. The molecule has 0 atom stereocenters. The molecule has 0 rings (SSSR count). The van der Waals surface area contributed by atoms with Crippen molar-refractivity contribution in [1.29, 1.82) is 0 Å². The largest absolute Gasteiger partial charge is 0.378 e. The van der Waals surface area contributed by atoms with E-state index >= 15 is 0 Å². The van der Waals surface area contributed by atoms with E-state index in [2.05, 4.69) is 80.8 Å². The Morgan fingerprint density at radius 1 is 0.615 bits per heavy atom. The molecule has 158 valence electrons. The molecule has 0 fully saturated rings. The van der Waals surface area contributed by atoms with Crippen LogP contribution in [0.15, 0.2) is 0 Å². The van der Waals surface area contributed by atoms with Gasteiger partial charge in [-0.2, -0.15) is 0 Å². The van der Waals surface area contributed by atoms with Gasteiger partial charge in [0.15, 0.2) is 0 Å². The molecule has 4 nitrogen and oxygen atoms in total. The summed E-state index contributed by atoms with van der Waals surface area (Å²) in [5.74, 6) is 0. The van der Waals surface area contributed by atoms with Crippen molar-refractivity contribution in [3.05, 3.63) is 0 Å². The lowest BCUT2D eigenvalue weighted by Crippen LogP contribution is -2.59. The van der Waals surface area contributed by atoms with Gasteiger partial charge in [-0.3, -0.25) is 0 Å². The maximum Gasteiger partial charge on any atom is 0.118 e. The number of rotatable bonds is 14. The van der Waals surface area contributed by atoms with Crippen LogP contribution in [0.3, 0.4) is 0 Å². The second kappa shape index (κ2) is 11.6. The van der Waals surface area contributed by atoms with Crippen molar-refractivity contribution < 1.29 is 9.47 Å². The molecule has 0 radical (unpaired) electrons. The summed E-state index contributed by atoms with van der Waals surface area (Å²) in [4.78, 5) is 0. The highest BCUT2D eigenvalue weighted by Gasteiger charge is 2.33. The molecule has 8 heteroatoms. The maximum absolute atomic E-state index is 5.87. The molecule has 0 aromatic heterocycles. The molecule has 0 aromatic rings. The van der Waals surface area contributed by atoms with E-state index in [1.54, 1.807) is 0 Å². The second-order valence-electron chi connectivity index (χ2n) is 10.7. The zero-order chi connectivity index (χ0) is 20.6. The van der Waals surface area contributed by atoms with E-state index in [1.165, 1.54) is 6.17 Å². The van der Waals surface area contributed by atoms with E-state index in [0.717, 1.165) is 39.5 Å². The molecule has 0 aliphatic rings. The Labute approximate surface area is 169 Å². The van der Waals surface area contributed by atoms with Gasteiger partial charge in [-0.15, -0.1) is 0 Å². The Morgan fingerprint density at radius 3 is 1.38 bits per heavy atom. The summed E-state index contributed by atoms with van der Waals surface area (Å²) in [6, 6.07) is 0. The third-order valence-corrected chi connectivity index (χ3v) is 16.0. The number of hydrogen-bond donors (Lipinski definition) is 0. The molecule has 26 heavy (non-hydrogen) atoms. The van der Waals surface area contributed by atoms with Crippen molar-refractivity contribution in [2.75, 3.05) is 45.7 Å². The maximum atomic E-state index is 5.87. The predicted molar refractivity (Wildman–Crippen MR) is 129 cm³/mol. The Hall–Kier alpha value is 0.708. The van der Waals surface area contributed by atoms with Crippen LogP contribution in [0.4, 0.5) is 0 Å². The van der Waals surface area contributed by atoms with Gasteiger partial charge >= 0.3 is 0 Å².